The molecule has 5 heteroatoms. The van der Waals surface area contributed by atoms with Gasteiger partial charge in [0.05, 0.1) is 6.10 Å². The molecule has 0 saturated heterocycles. The lowest BCUT2D eigenvalue weighted by Gasteiger charge is -2.26. The Morgan fingerprint density at radius 1 is 0.895 bits per heavy atom. The molecule has 0 spiro atoms. The molecule has 2 fully saturated rings. The van der Waals surface area contributed by atoms with Gasteiger partial charge in [-0.05, 0) is 44.1 Å². The second kappa shape index (κ2) is 10.9. The van der Waals surface area contributed by atoms with Crippen molar-refractivity contribution < 1.29 is 10.2 Å². The standard InChI is InChI=1S/2C7H15NO.ClH/c8-7-4-2-1-3-6(7)5-9;8-5-6-3-1-2-4-7(6)9;/h2*6-7,9H,1-5,8H2;1H/t2*6-,7+;/m00./s1. The number of aliphatic hydroxyl groups is 2. The van der Waals surface area contributed by atoms with Crippen LogP contribution < -0.4 is 11.5 Å². The maximum absolute atomic E-state index is 9.29. The van der Waals surface area contributed by atoms with Crippen LogP contribution in [0.3, 0.4) is 0 Å². The molecular weight excluding hydrogens is 264 g/mol. The molecule has 0 aromatic carbocycles. The second-order valence-corrected chi connectivity index (χ2v) is 5.74. The van der Waals surface area contributed by atoms with E-state index in [1.165, 1.54) is 25.7 Å². The fourth-order valence-corrected chi connectivity index (χ4v) is 2.93. The van der Waals surface area contributed by atoms with Crippen LogP contribution in [0.15, 0.2) is 0 Å². The van der Waals surface area contributed by atoms with Gasteiger partial charge in [0, 0.05) is 12.6 Å². The lowest BCUT2D eigenvalue weighted by atomic mass is 9.86. The molecule has 116 valence electrons. The molecule has 0 amide bonds. The van der Waals surface area contributed by atoms with Gasteiger partial charge >= 0.3 is 0 Å². The minimum Gasteiger partial charge on any atom is -0.396 e. The Balaban J connectivity index is 0.000000324. The van der Waals surface area contributed by atoms with Gasteiger partial charge in [-0.3, -0.25) is 0 Å². The Bertz CT molecular complexity index is 198. The Labute approximate surface area is 123 Å². The SMILES string of the molecule is Cl.NC[C@@H]1CCCC[C@H]1O.N[C@@H]1CCCC[C@H]1CO. The smallest absolute Gasteiger partial charge is 0.0580 e. The minimum atomic E-state index is -0.108. The van der Waals surface area contributed by atoms with E-state index in [1.807, 2.05) is 0 Å². The van der Waals surface area contributed by atoms with Crippen LogP contribution in [-0.4, -0.2) is 35.5 Å². The Hall–Kier alpha value is 0.130. The number of hydrogen-bond donors (Lipinski definition) is 4. The third kappa shape index (κ3) is 6.91. The molecular formula is C14H31ClN2O2. The molecule has 2 rings (SSSR count). The first-order valence-electron chi connectivity index (χ1n) is 7.43. The summed E-state index contributed by atoms with van der Waals surface area (Å²) in [5.74, 6) is 0.775. The zero-order chi connectivity index (χ0) is 13.4. The van der Waals surface area contributed by atoms with Crippen molar-refractivity contribution in [3.63, 3.8) is 0 Å². The maximum atomic E-state index is 9.29. The van der Waals surface area contributed by atoms with Gasteiger partial charge in [-0.25, -0.2) is 0 Å². The van der Waals surface area contributed by atoms with Crippen molar-refractivity contribution in [1.29, 1.82) is 0 Å². The molecule has 2 aliphatic rings. The Morgan fingerprint density at radius 2 is 1.42 bits per heavy atom. The highest BCUT2D eigenvalue weighted by Crippen LogP contribution is 2.23. The van der Waals surface area contributed by atoms with E-state index >= 15 is 0 Å². The molecule has 2 saturated carbocycles. The van der Waals surface area contributed by atoms with Gasteiger partial charge in [0.2, 0.25) is 0 Å². The molecule has 4 nitrogen and oxygen atoms in total. The largest absolute Gasteiger partial charge is 0.396 e. The minimum absolute atomic E-state index is 0. The summed E-state index contributed by atoms with van der Waals surface area (Å²) in [6, 6.07) is 0.267. The van der Waals surface area contributed by atoms with Gasteiger partial charge in [0.15, 0.2) is 0 Å². The number of nitrogens with two attached hydrogens (primary N) is 2. The third-order valence-corrected chi connectivity index (χ3v) is 4.37. The van der Waals surface area contributed by atoms with Crippen molar-refractivity contribution in [2.24, 2.45) is 23.3 Å². The first-order valence-corrected chi connectivity index (χ1v) is 7.43. The van der Waals surface area contributed by atoms with Crippen molar-refractivity contribution in [3.05, 3.63) is 0 Å². The maximum Gasteiger partial charge on any atom is 0.0580 e. The van der Waals surface area contributed by atoms with Gasteiger partial charge in [-0.1, -0.05) is 25.7 Å². The van der Waals surface area contributed by atoms with Gasteiger partial charge in [0.1, 0.15) is 0 Å². The van der Waals surface area contributed by atoms with E-state index in [0.717, 1.165) is 25.7 Å². The van der Waals surface area contributed by atoms with Crippen LogP contribution in [0.1, 0.15) is 51.4 Å². The average Bonchev–Trinajstić information content (AvgIpc) is 2.41. The van der Waals surface area contributed by atoms with Crippen molar-refractivity contribution >= 4 is 12.4 Å². The fraction of sp³-hybridized carbons (Fsp3) is 1.00. The number of aliphatic hydroxyl groups excluding tert-OH is 2. The highest BCUT2D eigenvalue weighted by atomic mass is 35.5. The average molecular weight is 295 g/mol. The molecule has 0 unspecified atom stereocenters. The van der Waals surface area contributed by atoms with Crippen molar-refractivity contribution in [2.75, 3.05) is 13.2 Å². The summed E-state index contributed by atoms with van der Waals surface area (Å²) in [6.07, 6.45) is 9.12. The molecule has 6 N–H and O–H groups in total. The van der Waals surface area contributed by atoms with E-state index in [2.05, 4.69) is 0 Å². The lowest BCUT2D eigenvalue weighted by Crippen LogP contribution is -2.34. The molecule has 0 heterocycles. The van der Waals surface area contributed by atoms with Gasteiger partial charge in [-0.2, -0.15) is 0 Å². The quantitative estimate of drug-likeness (QED) is 0.620. The number of halogens is 1. The number of rotatable bonds is 2. The monoisotopic (exact) mass is 294 g/mol. The highest BCUT2D eigenvalue weighted by Gasteiger charge is 2.21. The third-order valence-electron chi connectivity index (χ3n) is 4.37. The van der Waals surface area contributed by atoms with Crippen LogP contribution >= 0.6 is 12.4 Å². The second-order valence-electron chi connectivity index (χ2n) is 5.74. The zero-order valence-corrected chi connectivity index (χ0v) is 12.7. The van der Waals surface area contributed by atoms with Crippen molar-refractivity contribution in [2.45, 2.75) is 63.5 Å². The molecule has 0 bridgehead atoms. The zero-order valence-electron chi connectivity index (χ0n) is 11.8. The van der Waals surface area contributed by atoms with Gasteiger partial charge < -0.3 is 21.7 Å². The van der Waals surface area contributed by atoms with E-state index in [4.69, 9.17) is 16.6 Å². The van der Waals surface area contributed by atoms with E-state index in [0.29, 0.717) is 18.4 Å². The Kier molecular flexibility index (Phi) is 10.9. The van der Waals surface area contributed by atoms with Crippen LogP contribution in [0, 0.1) is 11.8 Å². The normalized spacial score (nSPS) is 34.7. The fourth-order valence-electron chi connectivity index (χ4n) is 2.93. The number of hydrogen-bond acceptors (Lipinski definition) is 4. The van der Waals surface area contributed by atoms with Crippen LogP contribution in [0.5, 0.6) is 0 Å². The van der Waals surface area contributed by atoms with E-state index < -0.39 is 0 Å². The summed E-state index contributed by atoms with van der Waals surface area (Å²) < 4.78 is 0. The predicted molar refractivity (Wildman–Crippen MR) is 81.3 cm³/mol. The first kappa shape index (κ1) is 19.1. The van der Waals surface area contributed by atoms with Crippen molar-refractivity contribution in [1.82, 2.24) is 0 Å². The van der Waals surface area contributed by atoms with Crippen molar-refractivity contribution in [3.8, 4) is 0 Å². The van der Waals surface area contributed by atoms with Crippen LogP contribution in [0.25, 0.3) is 0 Å². The molecule has 19 heavy (non-hydrogen) atoms. The molecule has 0 aromatic rings. The molecule has 2 aliphatic carbocycles. The summed E-state index contributed by atoms with van der Waals surface area (Å²) >= 11 is 0. The van der Waals surface area contributed by atoms with E-state index in [1.54, 1.807) is 0 Å². The summed E-state index contributed by atoms with van der Waals surface area (Å²) in [5, 5.41) is 18.1. The topological polar surface area (TPSA) is 92.5 Å². The van der Waals surface area contributed by atoms with E-state index in [-0.39, 0.29) is 31.2 Å². The van der Waals surface area contributed by atoms with E-state index in [9.17, 15) is 5.11 Å². The predicted octanol–water partition coefficient (Wildman–Crippen LogP) is 1.41. The van der Waals surface area contributed by atoms with Crippen LogP contribution in [0.4, 0.5) is 0 Å². The van der Waals surface area contributed by atoms with Crippen LogP contribution in [-0.2, 0) is 0 Å². The summed E-state index contributed by atoms with van der Waals surface area (Å²) in [5.41, 5.74) is 11.2. The summed E-state index contributed by atoms with van der Waals surface area (Å²) in [4.78, 5) is 0. The Morgan fingerprint density at radius 3 is 1.79 bits per heavy atom. The molecule has 4 atom stereocenters. The molecule has 0 aliphatic heterocycles. The summed E-state index contributed by atoms with van der Waals surface area (Å²) in [7, 11) is 0. The lowest BCUT2D eigenvalue weighted by molar-refractivity contribution is 0.0743. The summed E-state index contributed by atoms with van der Waals surface area (Å²) in [6.45, 7) is 0.933. The van der Waals surface area contributed by atoms with Gasteiger partial charge in [0.25, 0.3) is 0 Å². The molecule has 0 aromatic heterocycles. The first-order chi connectivity index (χ1) is 8.69. The highest BCUT2D eigenvalue weighted by molar-refractivity contribution is 5.85. The van der Waals surface area contributed by atoms with Gasteiger partial charge in [-0.15, -0.1) is 12.4 Å². The molecule has 0 radical (unpaired) electrons. The van der Waals surface area contributed by atoms with Crippen LogP contribution in [0.2, 0.25) is 0 Å².